The van der Waals surface area contributed by atoms with E-state index in [1.807, 2.05) is 11.5 Å². The largest absolute Gasteiger partial charge is 0.377 e. The van der Waals surface area contributed by atoms with Crippen molar-refractivity contribution in [1.29, 1.82) is 0 Å². The van der Waals surface area contributed by atoms with Gasteiger partial charge in [0.15, 0.2) is 22.8 Å². The molecule has 0 bridgehead atoms. The average molecular weight is 382 g/mol. The fourth-order valence-electron chi connectivity index (χ4n) is 3.76. The lowest BCUT2D eigenvalue weighted by molar-refractivity contribution is -0.240. The van der Waals surface area contributed by atoms with Crippen LogP contribution in [0.4, 0.5) is 5.82 Å². The van der Waals surface area contributed by atoms with Crippen molar-refractivity contribution in [3.05, 3.63) is 11.1 Å². The first-order valence-electron chi connectivity index (χ1n) is 9.18. The lowest BCUT2D eigenvalue weighted by atomic mass is 10.1. The highest BCUT2D eigenvalue weighted by atomic mass is 35.5. The van der Waals surface area contributed by atoms with Crippen molar-refractivity contribution in [2.45, 2.75) is 51.5 Å². The Morgan fingerprint density at radius 3 is 2.81 bits per heavy atom. The van der Waals surface area contributed by atoms with Crippen molar-refractivity contribution in [3.8, 4) is 0 Å². The maximum absolute atomic E-state index is 11.1. The fraction of sp³-hybridized carbons (Fsp3) is 0.706. The normalized spacial score (nSPS) is 27.2. The zero-order valence-corrected chi connectivity index (χ0v) is 15.9. The molecule has 2 aromatic heterocycles. The van der Waals surface area contributed by atoms with E-state index in [0.717, 1.165) is 12.8 Å². The summed E-state index contributed by atoms with van der Waals surface area (Å²) in [4.78, 5) is 15.8. The summed E-state index contributed by atoms with van der Waals surface area (Å²) in [6.07, 6.45) is 2.35. The van der Waals surface area contributed by atoms with Crippen LogP contribution in [0.5, 0.6) is 0 Å². The van der Waals surface area contributed by atoms with Gasteiger partial charge in [0.2, 0.25) is 11.1 Å². The van der Waals surface area contributed by atoms with Crippen LogP contribution < -0.4 is 4.90 Å². The second-order valence-electron chi connectivity index (χ2n) is 6.88. The van der Waals surface area contributed by atoms with Crippen LogP contribution in [0.15, 0.2) is 0 Å². The standard InChI is InChI=1S/C17H24ClN5O3/c1-3-22-13-12(19-15(22)17(24)6-4-5-8-26-17)14(21-16(18)20-13)23-7-9-25-10-11(23)2/h11,24H,3-10H2,1-2H3. The Morgan fingerprint density at radius 1 is 1.27 bits per heavy atom. The molecule has 26 heavy (non-hydrogen) atoms. The first-order chi connectivity index (χ1) is 12.5. The van der Waals surface area contributed by atoms with Crippen LogP contribution in [0.3, 0.4) is 0 Å². The lowest BCUT2D eigenvalue weighted by Crippen LogP contribution is -2.44. The molecule has 2 saturated heterocycles. The molecule has 0 radical (unpaired) electrons. The second-order valence-corrected chi connectivity index (χ2v) is 7.21. The van der Waals surface area contributed by atoms with Gasteiger partial charge in [0.05, 0.1) is 25.9 Å². The molecule has 2 atom stereocenters. The molecule has 4 heterocycles. The molecule has 9 heteroatoms. The van der Waals surface area contributed by atoms with Crippen molar-refractivity contribution in [2.24, 2.45) is 0 Å². The Balaban J connectivity index is 1.89. The number of anilines is 1. The van der Waals surface area contributed by atoms with Crippen molar-refractivity contribution < 1.29 is 14.6 Å². The number of morpholine rings is 1. The first-order valence-corrected chi connectivity index (χ1v) is 9.56. The van der Waals surface area contributed by atoms with Gasteiger partial charge >= 0.3 is 0 Å². The van der Waals surface area contributed by atoms with E-state index in [2.05, 4.69) is 21.8 Å². The molecule has 2 aliphatic heterocycles. The van der Waals surface area contributed by atoms with Crippen molar-refractivity contribution in [1.82, 2.24) is 19.5 Å². The number of hydrogen-bond acceptors (Lipinski definition) is 7. The van der Waals surface area contributed by atoms with Gasteiger partial charge < -0.3 is 24.0 Å². The van der Waals surface area contributed by atoms with E-state index in [9.17, 15) is 5.11 Å². The minimum atomic E-state index is -1.39. The van der Waals surface area contributed by atoms with Gasteiger partial charge in [-0.1, -0.05) is 0 Å². The summed E-state index contributed by atoms with van der Waals surface area (Å²) in [5.74, 6) is -0.230. The summed E-state index contributed by atoms with van der Waals surface area (Å²) in [5, 5.41) is 11.2. The van der Waals surface area contributed by atoms with Gasteiger partial charge in [-0.25, -0.2) is 4.98 Å². The van der Waals surface area contributed by atoms with Crippen LogP contribution in [0.2, 0.25) is 5.28 Å². The van der Waals surface area contributed by atoms with E-state index in [1.54, 1.807) is 0 Å². The molecule has 2 aliphatic rings. The summed E-state index contributed by atoms with van der Waals surface area (Å²) in [6, 6.07) is 0.155. The van der Waals surface area contributed by atoms with Crippen LogP contribution in [0, 0.1) is 0 Å². The first kappa shape index (κ1) is 17.9. The van der Waals surface area contributed by atoms with E-state index in [1.165, 1.54) is 0 Å². The Morgan fingerprint density at radius 2 is 2.12 bits per heavy atom. The van der Waals surface area contributed by atoms with E-state index >= 15 is 0 Å². The predicted octanol–water partition coefficient (Wildman–Crippen LogP) is 2.07. The summed E-state index contributed by atoms with van der Waals surface area (Å²) >= 11 is 6.23. The minimum absolute atomic E-state index is 0.155. The van der Waals surface area contributed by atoms with E-state index in [0.29, 0.717) is 62.1 Å². The second kappa shape index (κ2) is 6.92. The average Bonchev–Trinajstić information content (AvgIpc) is 3.01. The number of aliphatic hydroxyl groups is 1. The number of fused-ring (bicyclic) bond motifs is 1. The van der Waals surface area contributed by atoms with Crippen LogP contribution in [-0.4, -0.2) is 57.0 Å². The van der Waals surface area contributed by atoms with Gasteiger partial charge in [-0.2, -0.15) is 9.97 Å². The SMILES string of the molecule is CCn1c(C2(O)CCCCO2)nc2c(N3CCOCC3C)nc(Cl)nc21. The molecule has 0 aromatic carbocycles. The van der Waals surface area contributed by atoms with Gasteiger partial charge in [-0.05, 0) is 38.3 Å². The molecular formula is C17H24ClN5O3. The number of nitrogens with zero attached hydrogens (tertiary/aromatic N) is 5. The molecule has 0 spiro atoms. The summed E-state index contributed by atoms with van der Waals surface area (Å²) in [5.41, 5.74) is 1.27. The molecule has 0 aliphatic carbocycles. The Bertz CT molecular complexity index is 805. The van der Waals surface area contributed by atoms with E-state index in [4.69, 9.17) is 26.1 Å². The Hall–Kier alpha value is -1.48. The summed E-state index contributed by atoms with van der Waals surface area (Å²) < 4.78 is 13.1. The van der Waals surface area contributed by atoms with Crippen LogP contribution in [-0.2, 0) is 21.8 Å². The lowest BCUT2D eigenvalue weighted by Gasteiger charge is -2.34. The van der Waals surface area contributed by atoms with Crippen LogP contribution in [0.1, 0.15) is 38.9 Å². The molecule has 8 nitrogen and oxygen atoms in total. The van der Waals surface area contributed by atoms with Gasteiger partial charge in [0, 0.05) is 19.5 Å². The molecule has 2 aromatic rings. The molecule has 142 valence electrons. The number of hydrogen-bond donors (Lipinski definition) is 1. The molecule has 4 rings (SSSR count). The number of aromatic nitrogens is 4. The monoisotopic (exact) mass is 381 g/mol. The molecular weight excluding hydrogens is 358 g/mol. The summed E-state index contributed by atoms with van der Waals surface area (Å²) in [6.45, 7) is 7.14. The summed E-state index contributed by atoms with van der Waals surface area (Å²) in [7, 11) is 0. The van der Waals surface area contributed by atoms with Gasteiger partial charge in [0.25, 0.3) is 0 Å². The van der Waals surface area contributed by atoms with Crippen molar-refractivity contribution >= 4 is 28.6 Å². The molecule has 2 fully saturated rings. The van der Waals surface area contributed by atoms with E-state index in [-0.39, 0.29) is 11.3 Å². The predicted molar refractivity (Wildman–Crippen MR) is 97.3 cm³/mol. The highest BCUT2D eigenvalue weighted by Crippen LogP contribution is 2.36. The maximum Gasteiger partial charge on any atom is 0.226 e. The Labute approximate surface area is 157 Å². The highest BCUT2D eigenvalue weighted by molar-refractivity contribution is 6.28. The van der Waals surface area contributed by atoms with E-state index < -0.39 is 5.79 Å². The zero-order valence-electron chi connectivity index (χ0n) is 15.1. The number of halogens is 1. The van der Waals surface area contributed by atoms with Crippen molar-refractivity contribution in [3.63, 3.8) is 0 Å². The fourth-order valence-corrected chi connectivity index (χ4v) is 3.92. The van der Waals surface area contributed by atoms with Crippen molar-refractivity contribution in [2.75, 3.05) is 31.3 Å². The third-order valence-corrected chi connectivity index (χ3v) is 5.27. The quantitative estimate of drug-likeness (QED) is 0.814. The molecule has 0 saturated carbocycles. The maximum atomic E-state index is 11.1. The van der Waals surface area contributed by atoms with Crippen LogP contribution >= 0.6 is 11.6 Å². The topological polar surface area (TPSA) is 85.5 Å². The van der Waals surface area contributed by atoms with Gasteiger partial charge in [-0.3, -0.25) is 0 Å². The van der Waals surface area contributed by atoms with Crippen LogP contribution in [0.25, 0.3) is 11.2 Å². The Kier molecular flexibility index (Phi) is 4.77. The third kappa shape index (κ3) is 2.94. The number of aryl methyl sites for hydroxylation is 1. The number of imidazole rings is 1. The molecule has 2 unspecified atom stereocenters. The van der Waals surface area contributed by atoms with Gasteiger partial charge in [0.1, 0.15) is 0 Å². The number of ether oxygens (including phenoxy) is 2. The molecule has 0 amide bonds. The number of rotatable bonds is 3. The zero-order chi connectivity index (χ0) is 18.3. The smallest absolute Gasteiger partial charge is 0.226 e. The van der Waals surface area contributed by atoms with Gasteiger partial charge in [-0.15, -0.1) is 0 Å². The highest BCUT2D eigenvalue weighted by Gasteiger charge is 2.39. The minimum Gasteiger partial charge on any atom is -0.377 e. The molecule has 1 N–H and O–H groups in total. The third-order valence-electron chi connectivity index (χ3n) is 5.11.